The molecule has 140 valence electrons. The van der Waals surface area contributed by atoms with Crippen LogP contribution in [-0.2, 0) is 0 Å². The first-order chi connectivity index (χ1) is 13.7. The Hall–Kier alpha value is -3.05. The molecule has 0 aliphatic heterocycles. The summed E-state index contributed by atoms with van der Waals surface area (Å²) in [6, 6.07) is 15.1. The number of nitrogens with two attached hydrogens (primary N) is 1. The summed E-state index contributed by atoms with van der Waals surface area (Å²) in [7, 11) is 0. The predicted molar refractivity (Wildman–Crippen MR) is 108 cm³/mol. The first kappa shape index (κ1) is 17.1. The molecule has 0 radical (unpaired) electrons. The van der Waals surface area contributed by atoms with Crippen LogP contribution in [0.15, 0.2) is 67.1 Å². The van der Waals surface area contributed by atoms with Crippen LogP contribution in [0.1, 0.15) is 30.7 Å². The molecule has 1 aliphatic carbocycles. The van der Waals surface area contributed by atoms with Gasteiger partial charge < -0.3 is 5.73 Å². The first-order valence-corrected chi connectivity index (χ1v) is 9.63. The average molecular weight is 372 g/mol. The number of hydrogen-bond donors (Lipinski definition) is 1. The molecule has 0 bridgehead atoms. The number of nitrogens with zero attached hydrogens (tertiary/aromatic N) is 3. The molecule has 1 saturated carbocycles. The van der Waals surface area contributed by atoms with Crippen LogP contribution in [0.25, 0.3) is 27.9 Å². The molecule has 0 amide bonds. The van der Waals surface area contributed by atoms with Crippen molar-refractivity contribution in [3.8, 4) is 22.4 Å². The molecular weight excluding hydrogens is 351 g/mol. The molecule has 5 rings (SSSR count). The Morgan fingerprint density at radius 3 is 2.43 bits per heavy atom. The largest absolute Gasteiger partial charge is 0.328 e. The molecule has 5 heteroatoms. The Kier molecular flexibility index (Phi) is 4.17. The van der Waals surface area contributed by atoms with Crippen molar-refractivity contribution in [2.75, 3.05) is 0 Å². The van der Waals surface area contributed by atoms with E-state index in [0.29, 0.717) is 12.0 Å². The summed E-state index contributed by atoms with van der Waals surface area (Å²) >= 11 is 0. The van der Waals surface area contributed by atoms with E-state index in [2.05, 4.69) is 23.3 Å². The van der Waals surface area contributed by atoms with Gasteiger partial charge in [0.2, 0.25) is 0 Å². The van der Waals surface area contributed by atoms with Gasteiger partial charge in [-0.2, -0.15) is 5.10 Å². The van der Waals surface area contributed by atoms with E-state index in [-0.39, 0.29) is 5.82 Å². The van der Waals surface area contributed by atoms with Gasteiger partial charge in [-0.3, -0.25) is 4.98 Å². The molecule has 1 unspecified atom stereocenters. The summed E-state index contributed by atoms with van der Waals surface area (Å²) in [4.78, 5) is 4.13. The lowest BCUT2D eigenvalue weighted by atomic mass is 9.97. The van der Waals surface area contributed by atoms with Gasteiger partial charge in [-0.15, -0.1) is 0 Å². The van der Waals surface area contributed by atoms with Crippen molar-refractivity contribution < 1.29 is 4.39 Å². The lowest BCUT2D eigenvalue weighted by Gasteiger charge is -2.10. The summed E-state index contributed by atoms with van der Waals surface area (Å²) in [5, 5.41) is 4.88. The number of benzene rings is 1. The van der Waals surface area contributed by atoms with Gasteiger partial charge in [-0.25, -0.2) is 8.91 Å². The highest BCUT2D eigenvalue weighted by Gasteiger charge is 2.24. The summed E-state index contributed by atoms with van der Waals surface area (Å²) in [5.74, 6) is 0.236. The van der Waals surface area contributed by atoms with E-state index < -0.39 is 0 Å². The van der Waals surface area contributed by atoms with E-state index in [1.54, 1.807) is 24.5 Å². The predicted octanol–water partition coefficient (Wildman–Crippen LogP) is 4.80. The standard InChI is InChI=1S/C23H21FN4/c24-19-5-1-16(2-6-19)23-22(15-9-11-26-12-10-15)21-8-4-18(14-28(21)27-23)17-3-7-20(25)13-17/h1-2,4-6,8-12,14,17,20H,3,7,13,25H2/t17?,20-/m1/s1. The van der Waals surface area contributed by atoms with Crippen molar-refractivity contribution in [2.24, 2.45) is 5.73 Å². The van der Waals surface area contributed by atoms with E-state index in [9.17, 15) is 4.39 Å². The van der Waals surface area contributed by atoms with E-state index in [1.807, 2.05) is 16.6 Å². The maximum Gasteiger partial charge on any atom is 0.123 e. The van der Waals surface area contributed by atoms with Crippen molar-refractivity contribution in [3.63, 3.8) is 0 Å². The zero-order chi connectivity index (χ0) is 19.1. The van der Waals surface area contributed by atoms with Crippen LogP contribution in [0.5, 0.6) is 0 Å². The van der Waals surface area contributed by atoms with Crippen molar-refractivity contribution in [2.45, 2.75) is 31.2 Å². The number of halogens is 1. The van der Waals surface area contributed by atoms with Crippen LogP contribution < -0.4 is 5.73 Å². The summed E-state index contributed by atoms with van der Waals surface area (Å²) in [5.41, 5.74) is 12.2. The molecule has 1 aliphatic rings. The molecule has 1 aromatic carbocycles. The van der Waals surface area contributed by atoms with Crippen molar-refractivity contribution in [3.05, 3.63) is 78.5 Å². The minimum Gasteiger partial charge on any atom is -0.328 e. The molecule has 4 aromatic rings. The lowest BCUT2D eigenvalue weighted by Crippen LogP contribution is -2.14. The van der Waals surface area contributed by atoms with Gasteiger partial charge in [0, 0.05) is 35.8 Å². The molecule has 1 fully saturated rings. The summed E-state index contributed by atoms with van der Waals surface area (Å²) < 4.78 is 15.4. The Labute approximate surface area is 162 Å². The van der Waals surface area contributed by atoms with Crippen LogP contribution in [0.2, 0.25) is 0 Å². The topological polar surface area (TPSA) is 56.2 Å². The smallest absolute Gasteiger partial charge is 0.123 e. The molecule has 2 atom stereocenters. The fourth-order valence-corrected chi connectivity index (χ4v) is 4.24. The fourth-order valence-electron chi connectivity index (χ4n) is 4.24. The third-order valence-corrected chi connectivity index (χ3v) is 5.68. The van der Waals surface area contributed by atoms with Crippen LogP contribution in [0.4, 0.5) is 4.39 Å². The summed E-state index contributed by atoms with van der Waals surface area (Å²) in [6.07, 6.45) is 8.90. The average Bonchev–Trinajstić information content (AvgIpc) is 3.32. The van der Waals surface area contributed by atoms with E-state index in [1.165, 1.54) is 17.7 Å². The van der Waals surface area contributed by atoms with Gasteiger partial charge in [0.1, 0.15) is 11.5 Å². The minimum absolute atomic E-state index is 0.252. The van der Waals surface area contributed by atoms with E-state index in [4.69, 9.17) is 10.8 Å². The Balaban J connectivity index is 1.69. The van der Waals surface area contributed by atoms with Gasteiger partial charge >= 0.3 is 0 Å². The minimum atomic E-state index is -0.252. The molecule has 3 heterocycles. The maximum absolute atomic E-state index is 13.4. The number of pyridine rings is 2. The molecule has 0 spiro atoms. The normalized spacial score (nSPS) is 19.4. The second kappa shape index (κ2) is 6.84. The quantitative estimate of drug-likeness (QED) is 0.562. The lowest BCUT2D eigenvalue weighted by molar-refractivity contribution is 0.628. The van der Waals surface area contributed by atoms with Gasteiger partial charge in [0.15, 0.2) is 0 Å². The van der Waals surface area contributed by atoms with Gasteiger partial charge in [0.25, 0.3) is 0 Å². The van der Waals surface area contributed by atoms with Gasteiger partial charge in [-0.1, -0.05) is 6.07 Å². The van der Waals surface area contributed by atoms with Crippen molar-refractivity contribution >= 4 is 5.52 Å². The Bertz CT molecular complexity index is 1120. The molecule has 3 aromatic heterocycles. The monoisotopic (exact) mass is 372 g/mol. The Morgan fingerprint density at radius 2 is 1.71 bits per heavy atom. The highest BCUT2D eigenvalue weighted by molar-refractivity contribution is 5.92. The van der Waals surface area contributed by atoms with Crippen molar-refractivity contribution in [1.82, 2.24) is 14.6 Å². The zero-order valence-corrected chi connectivity index (χ0v) is 15.4. The number of rotatable bonds is 3. The SMILES string of the molecule is N[C@@H]1CCC(c2ccc3c(-c4ccncc4)c(-c4ccc(F)cc4)nn3c2)C1. The third-order valence-electron chi connectivity index (χ3n) is 5.68. The molecule has 0 saturated heterocycles. The van der Waals surface area contributed by atoms with E-state index >= 15 is 0 Å². The summed E-state index contributed by atoms with van der Waals surface area (Å²) in [6.45, 7) is 0. The van der Waals surface area contributed by atoms with Gasteiger partial charge in [-0.05, 0) is 78.8 Å². The molecule has 4 nitrogen and oxygen atoms in total. The molecular formula is C23H21FN4. The van der Waals surface area contributed by atoms with Crippen LogP contribution in [0.3, 0.4) is 0 Å². The number of hydrogen-bond acceptors (Lipinski definition) is 3. The van der Waals surface area contributed by atoms with E-state index in [0.717, 1.165) is 47.2 Å². The molecule has 2 N–H and O–H groups in total. The number of fused-ring (bicyclic) bond motifs is 1. The highest BCUT2D eigenvalue weighted by atomic mass is 19.1. The van der Waals surface area contributed by atoms with Gasteiger partial charge in [0.05, 0.1) is 5.52 Å². The zero-order valence-electron chi connectivity index (χ0n) is 15.4. The fraction of sp³-hybridized carbons (Fsp3) is 0.217. The molecule has 28 heavy (non-hydrogen) atoms. The Morgan fingerprint density at radius 1 is 0.929 bits per heavy atom. The maximum atomic E-state index is 13.4. The second-order valence-corrected chi connectivity index (χ2v) is 7.53. The van der Waals surface area contributed by atoms with Crippen LogP contribution in [-0.4, -0.2) is 20.6 Å². The van der Waals surface area contributed by atoms with Crippen LogP contribution in [0, 0.1) is 5.82 Å². The van der Waals surface area contributed by atoms with Crippen molar-refractivity contribution in [1.29, 1.82) is 0 Å². The third kappa shape index (κ3) is 2.98. The first-order valence-electron chi connectivity index (χ1n) is 9.63. The highest BCUT2D eigenvalue weighted by Crippen LogP contribution is 2.38. The van der Waals surface area contributed by atoms with Crippen LogP contribution >= 0.6 is 0 Å². The number of aromatic nitrogens is 3. The second-order valence-electron chi connectivity index (χ2n) is 7.53.